The minimum Gasteiger partial charge on any atom is -0.492 e. The van der Waals surface area contributed by atoms with Gasteiger partial charge in [-0.3, -0.25) is 14.0 Å². The number of fused-ring (bicyclic) bond motifs is 1. The van der Waals surface area contributed by atoms with Gasteiger partial charge in [-0.1, -0.05) is 0 Å². The van der Waals surface area contributed by atoms with E-state index in [0.717, 1.165) is 43.6 Å². The third kappa shape index (κ3) is 4.78. The summed E-state index contributed by atoms with van der Waals surface area (Å²) in [7, 11) is 3.27. The number of anilines is 2. The number of nitrogens with one attached hydrogen (secondary N) is 1. The molecule has 1 N–H and O–H groups in total. The largest absolute Gasteiger partial charge is 0.492 e. The zero-order valence-electron chi connectivity index (χ0n) is 22.8. The number of hydrogen-bond donors (Lipinski definition) is 1. The van der Waals surface area contributed by atoms with Crippen LogP contribution in [-0.4, -0.2) is 43.8 Å². The van der Waals surface area contributed by atoms with Crippen molar-refractivity contribution in [3.05, 3.63) is 47.3 Å². The Balaban J connectivity index is 1.44. The van der Waals surface area contributed by atoms with Crippen LogP contribution < -0.4 is 10.1 Å². The molecule has 1 atom stereocenters. The van der Waals surface area contributed by atoms with Crippen LogP contribution in [0.5, 0.6) is 5.75 Å². The number of benzene rings is 1. The van der Waals surface area contributed by atoms with Crippen LogP contribution in [0.3, 0.4) is 0 Å². The number of rotatable bonds is 8. The van der Waals surface area contributed by atoms with Gasteiger partial charge in [0.25, 0.3) is 0 Å². The molecular weight excluding hydrogens is 499 g/mol. The third-order valence-corrected chi connectivity index (χ3v) is 7.67. The molecule has 10 heteroatoms. The first-order valence-corrected chi connectivity index (χ1v) is 13.5. The van der Waals surface area contributed by atoms with E-state index in [1.54, 1.807) is 16.8 Å². The number of ether oxygens (including phenoxy) is 2. The van der Waals surface area contributed by atoms with Gasteiger partial charge in [-0.25, -0.2) is 14.4 Å². The van der Waals surface area contributed by atoms with Crippen molar-refractivity contribution in [3.8, 4) is 17.0 Å². The van der Waals surface area contributed by atoms with Crippen molar-refractivity contribution in [2.45, 2.75) is 58.6 Å². The number of ketones is 1. The normalized spacial score (nSPS) is 17.5. The van der Waals surface area contributed by atoms with Gasteiger partial charge in [-0.05, 0) is 70.2 Å². The number of nitrogens with zero attached hydrogens (tertiary/aromatic N) is 5. The Hall–Kier alpha value is -3.79. The Kier molecular flexibility index (Phi) is 6.58. The number of halogens is 1. The number of methoxy groups -OCH3 is 1. The van der Waals surface area contributed by atoms with Crippen LogP contribution in [0.1, 0.15) is 55.5 Å². The molecule has 39 heavy (non-hydrogen) atoms. The quantitative estimate of drug-likeness (QED) is 0.317. The second kappa shape index (κ2) is 10.1. The fraction of sp³-hybridized carbons (Fsp3) is 0.448. The van der Waals surface area contributed by atoms with Crippen molar-refractivity contribution in [2.24, 2.45) is 13.0 Å². The maximum atomic E-state index is 15.7. The molecule has 9 nitrogen and oxygen atoms in total. The lowest BCUT2D eigenvalue weighted by atomic mass is 10.1. The third-order valence-electron chi connectivity index (χ3n) is 7.67. The molecule has 0 amide bonds. The molecule has 0 bridgehead atoms. The summed E-state index contributed by atoms with van der Waals surface area (Å²) in [6, 6.07) is 7.14. The summed E-state index contributed by atoms with van der Waals surface area (Å²) in [5.74, 6) is 0.667. The van der Waals surface area contributed by atoms with Gasteiger partial charge in [0.05, 0.1) is 29.9 Å². The predicted molar refractivity (Wildman–Crippen MR) is 146 cm³/mol. The maximum Gasteiger partial charge on any atom is 0.178 e. The van der Waals surface area contributed by atoms with Crippen LogP contribution in [-0.2, 0) is 23.0 Å². The van der Waals surface area contributed by atoms with Gasteiger partial charge in [0.1, 0.15) is 23.4 Å². The number of imidazole rings is 1. The average molecular weight is 533 g/mol. The Bertz CT molecular complexity index is 1550. The Morgan fingerprint density at radius 3 is 2.64 bits per heavy atom. The first kappa shape index (κ1) is 25.5. The molecule has 0 radical (unpaired) electrons. The number of carbonyl (C=O) groups excluding carboxylic acids is 1. The monoisotopic (exact) mass is 532 g/mol. The van der Waals surface area contributed by atoms with Crippen molar-refractivity contribution in [1.82, 2.24) is 24.3 Å². The van der Waals surface area contributed by atoms with Crippen molar-refractivity contribution < 1.29 is 18.7 Å². The van der Waals surface area contributed by atoms with Gasteiger partial charge in [0.2, 0.25) is 0 Å². The van der Waals surface area contributed by atoms with E-state index in [1.807, 2.05) is 37.6 Å². The van der Waals surface area contributed by atoms with Crippen molar-refractivity contribution >= 4 is 28.3 Å². The van der Waals surface area contributed by atoms with E-state index in [4.69, 9.17) is 19.4 Å². The van der Waals surface area contributed by atoms with E-state index in [0.29, 0.717) is 46.1 Å². The van der Waals surface area contributed by atoms with Crippen molar-refractivity contribution in [2.75, 3.05) is 19.0 Å². The molecule has 3 aromatic heterocycles. The summed E-state index contributed by atoms with van der Waals surface area (Å²) < 4.78 is 31.1. The molecular formula is C29H33FN6O3. The van der Waals surface area contributed by atoms with E-state index < -0.39 is 5.82 Å². The van der Waals surface area contributed by atoms with E-state index in [-0.39, 0.29) is 30.1 Å². The first-order valence-electron chi connectivity index (χ1n) is 13.5. The summed E-state index contributed by atoms with van der Waals surface area (Å²) in [5, 5.41) is 7.77. The second-order valence-corrected chi connectivity index (χ2v) is 10.5. The molecule has 1 saturated carbocycles. The highest BCUT2D eigenvalue weighted by molar-refractivity contribution is 5.92. The summed E-state index contributed by atoms with van der Waals surface area (Å²) in [5.41, 5.74) is 4.83. The molecule has 2 fully saturated rings. The van der Waals surface area contributed by atoms with Gasteiger partial charge in [0.15, 0.2) is 17.2 Å². The number of aromatic nitrogens is 5. The fourth-order valence-corrected chi connectivity index (χ4v) is 5.30. The van der Waals surface area contributed by atoms with E-state index in [1.165, 1.54) is 7.11 Å². The summed E-state index contributed by atoms with van der Waals surface area (Å²) in [6.07, 6.45) is 4.93. The highest BCUT2D eigenvalue weighted by atomic mass is 19.1. The highest BCUT2D eigenvalue weighted by Gasteiger charge is 2.30. The molecule has 4 aromatic rings. The highest BCUT2D eigenvalue weighted by Crippen LogP contribution is 2.39. The fourth-order valence-electron chi connectivity index (χ4n) is 5.30. The van der Waals surface area contributed by atoms with Crippen LogP contribution >= 0.6 is 0 Å². The van der Waals surface area contributed by atoms with Crippen LogP contribution in [0.15, 0.2) is 24.3 Å². The summed E-state index contributed by atoms with van der Waals surface area (Å²) >= 11 is 0. The lowest BCUT2D eigenvalue weighted by molar-refractivity contribution is -0.119. The van der Waals surface area contributed by atoms with Crippen molar-refractivity contribution in [3.63, 3.8) is 0 Å². The van der Waals surface area contributed by atoms with Gasteiger partial charge in [-0.2, -0.15) is 5.10 Å². The molecule has 1 unspecified atom stereocenters. The number of aryl methyl sites for hydroxylation is 3. The average Bonchev–Trinajstić information content (AvgIpc) is 3.65. The van der Waals surface area contributed by atoms with Gasteiger partial charge < -0.3 is 14.8 Å². The van der Waals surface area contributed by atoms with Crippen LogP contribution in [0.2, 0.25) is 0 Å². The van der Waals surface area contributed by atoms with Crippen LogP contribution in [0.25, 0.3) is 22.4 Å². The molecule has 1 aromatic carbocycles. The molecule has 1 aliphatic carbocycles. The Morgan fingerprint density at radius 2 is 1.97 bits per heavy atom. The van der Waals surface area contributed by atoms with Gasteiger partial charge in [-0.15, -0.1) is 0 Å². The smallest absolute Gasteiger partial charge is 0.178 e. The maximum absolute atomic E-state index is 15.7. The lowest BCUT2D eigenvalue weighted by Crippen LogP contribution is -2.19. The molecule has 4 heterocycles. The van der Waals surface area contributed by atoms with Crippen molar-refractivity contribution in [1.29, 1.82) is 0 Å². The number of pyridine rings is 1. The lowest BCUT2D eigenvalue weighted by Gasteiger charge is -2.25. The predicted octanol–water partition coefficient (Wildman–Crippen LogP) is 5.56. The standard InChI is InChI=1S/C29H33FN6O3/c1-16-13-22(34-35(16)3)20-10-11-21(28(38-4)26(20)30)33-23-14-19(15-24(37)18-8-9-18)32-29-27(23)31-17(2)36(29)25-7-5-6-12-39-25/h10-11,13-14,18,25H,5-9,12,15H2,1-4H3,(H,32,33). The first-order chi connectivity index (χ1) is 18.8. The minimum absolute atomic E-state index is 0.0724. The van der Waals surface area contributed by atoms with Gasteiger partial charge in [0, 0.05) is 37.3 Å². The SMILES string of the molecule is COc1c(Nc2cc(CC(=O)C3CC3)nc3c2nc(C)n3C2CCCCO2)ccc(-c2cc(C)n(C)n2)c1F. The molecule has 1 aliphatic heterocycles. The van der Waals surface area contributed by atoms with E-state index in [9.17, 15) is 4.79 Å². The number of hydrogen-bond acceptors (Lipinski definition) is 7. The molecule has 0 spiro atoms. The molecule has 6 rings (SSSR count). The zero-order chi connectivity index (χ0) is 27.3. The molecule has 204 valence electrons. The van der Waals surface area contributed by atoms with Crippen LogP contribution in [0, 0.1) is 25.6 Å². The van der Waals surface area contributed by atoms with E-state index >= 15 is 4.39 Å². The van der Waals surface area contributed by atoms with Gasteiger partial charge >= 0.3 is 0 Å². The Morgan fingerprint density at radius 1 is 1.15 bits per heavy atom. The Labute approximate surface area is 226 Å². The van der Waals surface area contributed by atoms with E-state index in [2.05, 4.69) is 10.4 Å². The van der Waals surface area contributed by atoms with Crippen LogP contribution in [0.4, 0.5) is 15.8 Å². The summed E-state index contributed by atoms with van der Waals surface area (Å²) in [4.78, 5) is 22.5. The summed E-state index contributed by atoms with van der Waals surface area (Å²) in [6.45, 7) is 4.54. The molecule has 1 saturated heterocycles. The second-order valence-electron chi connectivity index (χ2n) is 10.5. The number of Topliss-reactive ketones (excluding diaryl/α,β-unsaturated/α-hetero) is 1. The topological polar surface area (TPSA) is 96.1 Å². The number of carbonyl (C=O) groups is 1. The molecule has 2 aliphatic rings. The minimum atomic E-state index is -0.507. The zero-order valence-corrected chi connectivity index (χ0v) is 22.8.